The highest BCUT2D eigenvalue weighted by molar-refractivity contribution is 5.87. The molecule has 0 fully saturated rings. The van der Waals surface area contributed by atoms with Crippen molar-refractivity contribution in [2.75, 3.05) is 7.11 Å². The Labute approximate surface area is 135 Å². The Morgan fingerprint density at radius 1 is 1.22 bits per heavy atom. The monoisotopic (exact) mass is 311 g/mol. The molecule has 0 saturated heterocycles. The molecule has 3 rings (SSSR count). The molecule has 0 radical (unpaired) electrons. The number of rotatable bonds is 5. The van der Waals surface area contributed by atoms with Crippen LogP contribution in [0.2, 0.25) is 0 Å². The van der Waals surface area contributed by atoms with Crippen molar-refractivity contribution in [1.82, 2.24) is 14.8 Å². The average molecular weight is 311 g/mol. The van der Waals surface area contributed by atoms with Gasteiger partial charge in [0.15, 0.2) is 5.82 Å². The molecule has 0 spiro atoms. The summed E-state index contributed by atoms with van der Waals surface area (Å²) < 4.78 is 13.3. The smallest absolute Gasteiger partial charge is 0.157 e. The van der Waals surface area contributed by atoms with Gasteiger partial charge in [-0.1, -0.05) is 6.92 Å². The summed E-state index contributed by atoms with van der Waals surface area (Å²) in [6, 6.07) is 9.61. The van der Waals surface area contributed by atoms with Crippen LogP contribution in [0, 0.1) is 0 Å². The van der Waals surface area contributed by atoms with Crippen molar-refractivity contribution in [3.8, 4) is 17.3 Å². The summed E-state index contributed by atoms with van der Waals surface area (Å²) in [5.41, 5.74) is 0.564. The lowest BCUT2D eigenvalue weighted by atomic mass is 10.1. The van der Waals surface area contributed by atoms with Crippen molar-refractivity contribution in [1.29, 1.82) is 0 Å². The van der Waals surface area contributed by atoms with E-state index in [1.165, 1.54) is 0 Å². The number of ether oxygens (including phenoxy) is 2. The molecule has 0 bridgehead atoms. The van der Waals surface area contributed by atoms with E-state index in [-0.39, 0.29) is 5.60 Å². The highest BCUT2D eigenvalue weighted by atomic mass is 16.5. The molecule has 120 valence electrons. The normalized spacial score (nSPS) is 11.7. The molecule has 2 heterocycles. The zero-order valence-corrected chi connectivity index (χ0v) is 13.9. The Kier molecular flexibility index (Phi) is 3.94. The first-order chi connectivity index (χ1) is 11.0. The molecule has 0 atom stereocenters. The molecule has 5 nitrogen and oxygen atoms in total. The quantitative estimate of drug-likeness (QED) is 0.714. The zero-order chi connectivity index (χ0) is 16.4. The van der Waals surface area contributed by atoms with Crippen LogP contribution in [0.4, 0.5) is 0 Å². The summed E-state index contributed by atoms with van der Waals surface area (Å²) in [4.78, 5) is 4.68. The van der Waals surface area contributed by atoms with E-state index in [4.69, 9.17) is 9.47 Å². The SMILES string of the molecule is CCC(C)(C)Oc1cc(-n2cccn2)nc2cc(OC)ccc12. The summed E-state index contributed by atoms with van der Waals surface area (Å²) in [7, 11) is 1.65. The highest BCUT2D eigenvalue weighted by Gasteiger charge is 2.20. The maximum atomic E-state index is 6.25. The second-order valence-electron chi connectivity index (χ2n) is 6.03. The Balaban J connectivity index is 2.19. The predicted molar refractivity (Wildman–Crippen MR) is 90.4 cm³/mol. The lowest BCUT2D eigenvalue weighted by Crippen LogP contribution is -2.27. The highest BCUT2D eigenvalue weighted by Crippen LogP contribution is 2.32. The summed E-state index contributed by atoms with van der Waals surface area (Å²) in [5, 5.41) is 5.22. The molecule has 0 aliphatic rings. The maximum Gasteiger partial charge on any atom is 0.157 e. The van der Waals surface area contributed by atoms with Gasteiger partial charge in [-0.05, 0) is 38.5 Å². The third kappa shape index (κ3) is 3.13. The lowest BCUT2D eigenvalue weighted by molar-refractivity contribution is 0.107. The van der Waals surface area contributed by atoms with Gasteiger partial charge >= 0.3 is 0 Å². The van der Waals surface area contributed by atoms with Crippen molar-refractivity contribution in [3.63, 3.8) is 0 Å². The molecular formula is C18H21N3O2. The van der Waals surface area contributed by atoms with Gasteiger partial charge in [-0.15, -0.1) is 0 Å². The van der Waals surface area contributed by atoms with Crippen molar-refractivity contribution in [2.24, 2.45) is 0 Å². The van der Waals surface area contributed by atoms with E-state index in [1.54, 1.807) is 18.0 Å². The molecule has 0 aliphatic carbocycles. The van der Waals surface area contributed by atoms with Crippen LogP contribution >= 0.6 is 0 Å². The number of aromatic nitrogens is 3. The number of methoxy groups -OCH3 is 1. The largest absolute Gasteiger partial charge is 0.497 e. The first-order valence-electron chi connectivity index (χ1n) is 7.70. The van der Waals surface area contributed by atoms with E-state index in [0.29, 0.717) is 0 Å². The van der Waals surface area contributed by atoms with Crippen LogP contribution in [0.25, 0.3) is 16.7 Å². The maximum absolute atomic E-state index is 6.25. The van der Waals surface area contributed by atoms with Gasteiger partial charge in [0.2, 0.25) is 0 Å². The fourth-order valence-electron chi connectivity index (χ4n) is 2.27. The van der Waals surface area contributed by atoms with Gasteiger partial charge < -0.3 is 9.47 Å². The molecule has 0 N–H and O–H groups in total. The minimum Gasteiger partial charge on any atom is -0.497 e. The minimum atomic E-state index is -0.254. The van der Waals surface area contributed by atoms with Gasteiger partial charge in [0.1, 0.15) is 17.1 Å². The van der Waals surface area contributed by atoms with E-state index >= 15 is 0 Å². The Morgan fingerprint density at radius 2 is 2.04 bits per heavy atom. The first kappa shape index (κ1) is 15.3. The predicted octanol–water partition coefficient (Wildman–Crippen LogP) is 4.00. The van der Waals surface area contributed by atoms with Crippen LogP contribution in [-0.4, -0.2) is 27.5 Å². The average Bonchev–Trinajstić information content (AvgIpc) is 3.08. The van der Waals surface area contributed by atoms with E-state index in [0.717, 1.165) is 34.6 Å². The third-order valence-electron chi connectivity index (χ3n) is 3.94. The van der Waals surface area contributed by atoms with Crippen LogP contribution in [0.15, 0.2) is 42.7 Å². The van der Waals surface area contributed by atoms with Gasteiger partial charge in [-0.3, -0.25) is 0 Å². The molecule has 0 amide bonds. The molecular weight excluding hydrogens is 290 g/mol. The number of hydrogen-bond donors (Lipinski definition) is 0. The lowest BCUT2D eigenvalue weighted by Gasteiger charge is -2.26. The summed E-state index contributed by atoms with van der Waals surface area (Å²) in [6.45, 7) is 6.27. The standard InChI is InChI=1S/C18H21N3O2/c1-5-18(2,3)23-16-12-17(21-10-6-9-19-21)20-15-11-13(22-4)7-8-14(15)16/h6-12H,5H2,1-4H3. The molecule has 0 saturated carbocycles. The molecule has 23 heavy (non-hydrogen) atoms. The van der Waals surface area contributed by atoms with E-state index in [1.807, 2.05) is 36.5 Å². The molecule has 5 heteroatoms. The van der Waals surface area contributed by atoms with Crippen LogP contribution in [0.5, 0.6) is 11.5 Å². The van der Waals surface area contributed by atoms with Crippen LogP contribution < -0.4 is 9.47 Å². The van der Waals surface area contributed by atoms with Crippen LogP contribution in [-0.2, 0) is 0 Å². The van der Waals surface area contributed by atoms with E-state index in [2.05, 4.69) is 30.9 Å². The van der Waals surface area contributed by atoms with Gasteiger partial charge in [0.25, 0.3) is 0 Å². The molecule has 3 aromatic rings. The summed E-state index contributed by atoms with van der Waals surface area (Å²) >= 11 is 0. The number of fused-ring (bicyclic) bond motifs is 1. The fraction of sp³-hybridized carbons (Fsp3) is 0.333. The Morgan fingerprint density at radius 3 is 2.70 bits per heavy atom. The first-order valence-corrected chi connectivity index (χ1v) is 7.70. The van der Waals surface area contributed by atoms with E-state index in [9.17, 15) is 0 Å². The second kappa shape index (κ2) is 5.91. The number of benzene rings is 1. The Bertz CT molecular complexity index is 810. The van der Waals surface area contributed by atoms with Crippen LogP contribution in [0.3, 0.4) is 0 Å². The summed E-state index contributed by atoms with van der Waals surface area (Å²) in [5.74, 6) is 2.29. The van der Waals surface area contributed by atoms with Gasteiger partial charge in [0, 0.05) is 29.9 Å². The molecule has 1 aromatic carbocycles. The Hall–Kier alpha value is -2.56. The van der Waals surface area contributed by atoms with Gasteiger partial charge in [-0.2, -0.15) is 5.10 Å². The minimum absolute atomic E-state index is 0.254. The number of nitrogens with zero attached hydrogens (tertiary/aromatic N) is 3. The van der Waals surface area contributed by atoms with Gasteiger partial charge in [-0.25, -0.2) is 9.67 Å². The van der Waals surface area contributed by atoms with Crippen LogP contribution in [0.1, 0.15) is 27.2 Å². The number of pyridine rings is 1. The summed E-state index contributed by atoms with van der Waals surface area (Å²) in [6.07, 6.45) is 4.50. The van der Waals surface area contributed by atoms with Crippen molar-refractivity contribution < 1.29 is 9.47 Å². The third-order valence-corrected chi connectivity index (χ3v) is 3.94. The molecule has 2 aromatic heterocycles. The molecule has 0 aliphatic heterocycles. The van der Waals surface area contributed by atoms with Gasteiger partial charge in [0.05, 0.1) is 12.6 Å². The van der Waals surface area contributed by atoms with Crippen molar-refractivity contribution in [3.05, 3.63) is 42.7 Å². The van der Waals surface area contributed by atoms with Crippen molar-refractivity contribution in [2.45, 2.75) is 32.8 Å². The molecule has 0 unspecified atom stereocenters. The topological polar surface area (TPSA) is 49.2 Å². The number of hydrogen-bond acceptors (Lipinski definition) is 4. The zero-order valence-electron chi connectivity index (χ0n) is 13.9. The van der Waals surface area contributed by atoms with Crippen molar-refractivity contribution >= 4 is 10.9 Å². The van der Waals surface area contributed by atoms with E-state index < -0.39 is 0 Å². The fourth-order valence-corrected chi connectivity index (χ4v) is 2.27. The second-order valence-corrected chi connectivity index (χ2v) is 6.03.